The number of benzene rings is 3. The average molecular weight is 389 g/mol. The highest BCUT2D eigenvalue weighted by atomic mass is 16.5. The summed E-state index contributed by atoms with van der Waals surface area (Å²) in [7, 11) is 1.61. The van der Waals surface area contributed by atoms with Crippen LogP contribution in [-0.4, -0.2) is 19.6 Å². The van der Waals surface area contributed by atoms with Crippen LogP contribution in [0.1, 0.15) is 35.6 Å². The second-order valence-electron chi connectivity index (χ2n) is 7.26. The van der Waals surface area contributed by atoms with E-state index in [1.807, 2.05) is 73.7 Å². The van der Waals surface area contributed by atoms with Gasteiger partial charge in [0.2, 0.25) is 5.91 Å². The Morgan fingerprint density at radius 2 is 1.55 bits per heavy atom. The minimum Gasteiger partial charge on any atom is -0.495 e. The molecule has 3 aromatic rings. The monoisotopic (exact) mass is 388 g/mol. The van der Waals surface area contributed by atoms with E-state index in [1.165, 1.54) is 5.56 Å². The van der Waals surface area contributed by atoms with Gasteiger partial charge in [-0.15, -0.1) is 0 Å². The summed E-state index contributed by atoms with van der Waals surface area (Å²) in [6.45, 7) is 4.83. The van der Waals surface area contributed by atoms with E-state index in [4.69, 9.17) is 4.74 Å². The third-order valence-corrected chi connectivity index (χ3v) is 5.00. The van der Waals surface area contributed by atoms with Crippen LogP contribution in [-0.2, 0) is 4.79 Å². The van der Waals surface area contributed by atoms with Crippen molar-refractivity contribution >= 4 is 11.6 Å². The Hall–Kier alpha value is -3.11. The number of methoxy groups -OCH3 is 1. The molecule has 0 aliphatic carbocycles. The highest BCUT2D eigenvalue weighted by Crippen LogP contribution is 2.27. The number of hydrogen-bond donors (Lipinski definition) is 2. The van der Waals surface area contributed by atoms with Crippen LogP contribution in [0.5, 0.6) is 5.75 Å². The van der Waals surface area contributed by atoms with Gasteiger partial charge in [-0.1, -0.05) is 73.7 Å². The lowest BCUT2D eigenvalue weighted by molar-refractivity contribution is -0.118. The smallest absolute Gasteiger partial charge is 0.246 e. The maximum atomic E-state index is 13.2. The van der Waals surface area contributed by atoms with Gasteiger partial charge in [-0.3, -0.25) is 4.79 Å². The van der Waals surface area contributed by atoms with E-state index in [2.05, 4.69) is 29.7 Å². The highest BCUT2D eigenvalue weighted by molar-refractivity contribution is 5.96. The van der Waals surface area contributed by atoms with Crippen LogP contribution in [0.2, 0.25) is 0 Å². The lowest BCUT2D eigenvalue weighted by atomic mass is 9.99. The number of hydrogen-bond acceptors (Lipinski definition) is 3. The molecule has 0 spiro atoms. The molecule has 0 radical (unpaired) electrons. The predicted molar refractivity (Wildman–Crippen MR) is 118 cm³/mol. The molecule has 1 amide bonds. The highest BCUT2D eigenvalue weighted by Gasteiger charge is 2.22. The van der Waals surface area contributed by atoms with Crippen LogP contribution >= 0.6 is 0 Å². The van der Waals surface area contributed by atoms with Crippen molar-refractivity contribution in [1.29, 1.82) is 0 Å². The first-order valence-electron chi connectivity index (χ1n) is 9.87. The Kier molecular flexibility index (Phi) is 7.04. The summed E-state index contributed by atoms with van der Waals surface area (Å²) in [5, 5.41) is 6.49. The molecular formula is C25H28N2O2. The van der Waals surface area contributed by atoms with Crippen LogP contribution in [0, 0.1) is 6.92 Å². The van der Waals surface area contributed by atoms with E-state index in [9.17, 15) is 4.79 Å². The lowest BCUT2D eigenvalue weighted by Gasteiger charge is -2.22. The van der Waals surface area contributed by atoms with Crippen molar-refractivity contribution in [3.63, 3.8) is 0 Å². The molecule has 3 aromatic carbocycles. The van der Waals surface area contributed by atoms with Gasteiger partial charge in [0.05, 0.1) is 12.8 Å². The molecule has 0 fully saturated rings. The maximum absolute atomic E-state index is 13.2. The molecule has 0 saturated carbocycles. The summed E-state index contributed by atoms with van der Waals surface area (Å²) in [6.07, 6.45) is 0. The fourth-order valence-corrected chi connectivity index (χ4v) is 3.33. The van der Waals surface area contributed by atoms with Crippen molar-refractivity contribution in [3.8, 4) is 5.75 Å². The Morgan fingerprint density at radius 3 is 2.17 bits per heavy atom. The van der Waals surface area contributed by atoms with Crippen molar-refractivity contribution in [2.24, 2.45) is 0 Å². The number of anilines is 1. The number of carbonyl (C=O) groups is 1. The standard InChI is InChI=1S/C25H28N2O2/c1-18-14-15-23(29-3)22(16-18)27-25(28)24(21-12-8-5-9-13-21)26-17-19(2)20-10-6-4-7-11-20/h4-16,19,24,26H,17H2,1-3H3,(H,27,28)/t19-,24-/m0/s1. The number of carbonyl (C=O) groups excluding carboxylic acids is 1. The summed E-state index contributed by atoms with van der Waals surface area (Å²) < 4.78 is 5.41. The third-order valence-electron chi connectivity index (χ3n) is 5.00. The van der Waals surface area contributed by atoms with Gasteiger partial charge in [0, 0.05) is 6.54 Å². The first-order valence-corrected chi connectivity index (χ1v) is 9.87. The van der Waals surface area contributed by atoms with Crippen LogP contribution in [0.15, 0.2) is 78.9 Å². The molecule has 0 bridgehead atoms. The van der Waals surface area contributed by atoms with E-state index < -0.39 is 6.04 Å². The number of ether oxygens (including phenoxy) is 1. The van der Waals surface area contributed by atoms with Gasteiger partial charge < -0.3 is 15.4 Å². The van der Waals surface area contributed by atoms with Crippen LogP contribution in [0.4, 0.5) is 5.69 Å². The largest absolute Gasteiger partial charge is 0.495 e. The van der Waals surface area contributed by atoms with E-state index >= 15 is 0 Å². The number of rotatable bonds is 8. The van der Waals surface area contributed by atoms with Gasteiger partial charge in [-0.05, 0) is 41.7 Å². The second kappa shape index (κ2) is 9.89. The molecule has 0 aliphatic rings. The fraction of sp³-hybridized carbons (Fsp3) is 0.240. The first-order chi connectivity index (χ1) is 14.1. The number of amides is 1. The molecule has 4 heteroatoms. The zero-order valence-electron chi connectivity index (χ0n) is 17.2. The number of aryl methyl sites for hydroxylation is 1. The first kappa shape index (κ1) is 20.6. The minimum absolute atomic E-state index is 0.111. The predicted octanol–water partition coefficient (Wildman–Crippen LogP) is 5.08. The number of nitrogens with one attached hydrogen (secondary N) is 2. The quantitative estimate of drug-likeness (QED) is 0.566. The van der Waals surface area contributed by atoms with Gasteiger partial charge in [-0.2, -0.15) is 0 Å². The van der Waals surface area contributed by atoms with Crippen LogP contribution in [0.3, 0.4) is 0 Å². The normalized spacial score (nSPS) is 12.8. The van der Waals surface area contributed by atoms with Crippen LogP contribution < -0.4 is 15.4 Å². The topological polar surface area (TPSA) is 50.4 Å². The van der Waals surface area contributed by atoms with E-state index in [0.717, 1.165) is 11.1 Å². The molecule has 150 valence electrons. The van der Waals surface area contributed by atoms with Gasteiger partial charge in [0.15, 0.2) is 0 Å². The van der Waals surface area contributed by atoms with Crippen LogP contribution in [0.25, 0.3) is 0 Å². The molecule has 0 heterocycles. The second-order valence-corrected chi connectivity index (χ2v) is 7.26. The Morgan fingerprint density at radius 1 is 0.931 bits per heavy atom. The summed E-state index contributed by atoms with van der Waals surface area (Å²) >= 11 is 0. The zero-order valence-corrected chi connectivity index (χ0v) is 17.2. The van der Waals surface area contributed by atoms with Crippen molar-refractivity contribution in [2.75, 3.05) is 19.0 Å². The van der Waals surface area contributed by atoms with Crippen molar-refractivity contribution in [3.05, 3.63) is 95.6 Å². The van der Waals surface area contributed by atoms with Gasteiger partial charge in [-0.25, -0.2) is 0 Å². The average Bonchev–Trinajstić information content (AvgIpc) is 2.75. The molecular weight excluding hydrogens is 360 g/mol. The zero-order chi connectivity index (χ0) is 20.6. The maximum Gasteiger partial charge on any atom is 0.246 e. The molecule has 2 N–H and O–H groups in total. The van der Waals surface area contributed by atoms with E-state index in [0.29, 0.717) is 18.0 Å². The Bertz CT molecular complexity index is 926. The summed E-state index contributed by atoms with van der Waals surface area (Å²) in [4.78, 5) is 13.2. The Labute approximate surface area is 172 Å². The fourth-order valence-electron chi connectivity index (χ4n) is 3.33. The van der Waals surface area contributed by atoms with E-state index in [1.54, 1.807) is 7.11 Å². The third kappa shape index (κ3) is 5.46. The summed E-state index contributed by atoms with van der Waals surface area (Å²) in [5.41, 5.74) is 3.91. The van der Waals surface area contributed by atoms with Gasteiger partial charge >= 0.3 is 0 Å². The van der Waals surface area contributed by atoms with E-state index in [-0.39, 0.29) is 11.8 Å². The van der Waals surface area contributed by atoms with Gasteiger partial charge in [0.1, 0.15) is 11.8 Å². The SMILES string of the molecule is COc1ccc(C)cc1NC(=O)[C@@H](NC[C@H](C)c1ccccc1)c1ccccc1. The summed E-state index contributed by atoms with van der Waals surface area (Å²) in [6, 6.07) is 25.4. The molecule has 0 aromatic heterocycles. The molecule has 0 aliphatic heterocycles. The molecule has 29 heavy (non-hydrogen) atoms. The molecule has 3 rings (SSSR count). The molecule has 2 atom stereocenters. The molecule has 0 saturated heterocycles. The van der Waals surface area contributed by atoms with Crippen molar-refractivity contribution < 1.29 is 9.53 Å². The Balaban J connectivity index is 1.79. The van der Waals surface area contributed by atoms with Crippen molar-refractivity contribution in [1.82, 2.24) is 5.32 Å². The molecule has 0 unspecified atom stereocenters. The lowest BCUT2D eigenvalue weighted by Crippen LogP contribution is -2.35. The van der Waals surface area contributed by atoms with Crippen molar-refractivity contribution in [2.45, 2.75) is 25.8 Å². The minimum atomic E-state index is -0.465. The summed E-state index contributed by atoms with van der Waals surface area (Å²) in [5.74, 6) is 0.817. The van der Waals surface area contributed by atoms with Gasteiger partial charge in [0.25, 0.3) is 0 Å². The molecule has 4 nitrogen and oxygen atoms in total.